The molecule has 18 heavy (non-hydrogen) atoms. The van der Waals surface area contributed by atoms with E-state index in [9.17, 15) is 19.2 Å². The molecule has 100 valence electrons. The van der Waals surface area contributed by atoms with Gasteiger partial charge in [-0.15, -0.1) is 0 Å². The minimum Gasteiger partial charge on any atom is -0.478 e. The lowest BCUT2D eigenvalue weighted by Gasteiger charge is -2.05. The molecule has 0 aromatic heterocycles. The van der Waals surface area contributed by atoms with Crippen molar-refractivity contribution in [3.05, 3.63) is 11.6 Å². The van der Waals surface area contributed by atoms with Crippen LogP contribution in [-0.4, -0.2) is 40.6 Å². The highest BCUT2D eigenvalue weighted by Gasteiger charge is 2.16. The van der Waals surface area contributed by atoms with E-state index in [1.807, 2.05) is 12.2 Å². The van der Waals surface area contributed by atoms with Crippen molar-refractivity contribution in [1.29, 1.82) is 0 Å². The van der Waals surface area contributed by atoms with Gasteiger partial charge < -0.3 is 15.5 Å². The lowest BCUT2D eigenvalue weighted by atomic mass is 10.1. The van der Waals surface area contributed by atoms with E-state index in [-0.39, 0.29) is 0 Å². The SMILES string of the molecule is CCCNC(=O)NC(=O)CC(=CC(=O)O)C(=O)O. The summed E-state index contributed by atoms with van der Waals surface area (Å²) in [6.07, 6.45) is 0.397. The Morgan fingerprint density at radius 3 is 2.22 bits per heavy atom. The molecule has 0 fully saturated rings. The van der Waals surface area contributed by atoms with Crippen molar-refractivity contribution in [2.45, 2.75) is 19.8 Å². The van der Waals surface area contributed by atoms with Gasteiger partial charge in [-0.2, -0.15) is 0 Å². The Balaban J connectivity index is 4.40. The first-order valence-corrected chi connectivity index (χ1v) is 5.11. The molecule has 0 unspecified atom stereocenters. The molecule has 0 aliphatic carbocycles. The molecule has 0 rings (SSSR count). The highest BCUT2D eigenvalue weighted by atomic mass is 16.4. The molecule has 0 saturated carbocycles. The second kappa shape index (κ2) is 7.82. The van der Waals surface area contributed by atoms with Gasteiger partial charge in [-0.3, -0.25) is 10.1 Å². The molecule has 0 aliphatic heterocycles. The van der Waals surface area contributed by atoms with Gasteiger partial charge >= 0.3 is 18.0 Å². The molecule has 0 bridgehead atoms. The van der Waals surface area contributed by atoms with Crippen molar-refractivity contribution in [3.8, 4) is 0 Å². The second-order valence-electron chi connectivity index (χ2n) is 3.29. The number of amides is 3. The fraction of sp³-hybridized carbons (Fsp3) is 0.400. The number of nitrogens with one attached hydrogen (secondary N) is 2. The van der Waals surface area contributed by atoms with Crippen LogP contribution in [0.15, 0.2) is 11.6 Å². The summed E-state index contributed by atoms with van der Waals surface area (Å²) in [5, 5.41) is 21.3. The van der Waals surface area contributed by atoms with Gasteiger partial charge in [0.2, 0.25) is 5.91 Å². The van der Waals surface area contributed by atoms with E-state index in [4.69, 9.17) is 10.2 Å². The summed E-state index contributed by atoms with van der Waals surface area (Å²) in [6.45, 7) is 2.19. The molecule has 8 heteroatoms. The smallest absolute Gasteiger partial charge is 0.332 e. The van der Waals surface area contributed by atoms with Gasteiger partial charge in [-0.1, -0.05) is 6.92 Å². The number of carboxylic acid groups (broad SMARTS) is 2. The summed E-state index contributed by atoms with van der Waals surface area (Å²) in [5.41, 5.74) is -0.608. The van der Waals surface area contributed by atoms with Crippen LogP contribution in [0.5, 0.6) is 0 Å². The standard InChI is InChI=1S/C10H14N2O6/c1-2-3-11-10(18)12-7(13)4-6(9(16)17)5-8(14)15/h5H,2-4H2,1H3,(H,14,15)(H,16,17)(H2,11,12,13,18). The lowest BCUT2D eigenvalue weighted by molar-refractivity contribution is -0.135. The van der Waals surface area contributed by atoms with Crippen molar-refractivity contribution in [2.75, 3.05) is 6.54 Å². The Kier molecular flexibility index (Phi) is 6.79. The number of hydrogen-bond acceptors (Lipinski definition) is 4. The molecule has 0 aliphatic rings. The average Bonchev–Trinajstić information content (AvgIpc) is 2.24. The van der Waals surface area contributed by atoms with Crippen LogP contribution in [0.4, 0.5) is 4.79 Å². The average molecular weight is 258 g/mol. The van der Waals surface area contributed by atoms with E-state index in [0.717, 1.165) is 0 Å². The Hall–Kier alpha value is -2.38. The first-order valence-electron chi connectivity index (χ1n) is 5.11. The molecule has 0 radical (unpaired) electrons. The van der Waals surface area contributed by atoms with E-state index < -0.39 is 35.9 Å². The number of carbonyl (C=O) groups is 4. The minimum absolute atomic E-state index is 0.371. The number of carbonyl (C=O) groups excluding carboxylic acids is 2. The topological polar surface area (TPSA) is 133 Å². The maximum Gasteiger partial charge on any atom is 0.332 e. The first-order chi connectivity index (χ1) is 8.36. The van der Waals surface area contributed by atoms with Gasteiger partial charge in [0.1, 0.15) is 0 Å². The molecule has 0 saturated heterocycles. The molecular formula is C10H14N2O6. The fourth-order valence-corrected chi connectivity index (χ4v) is 0.964. The van der Waals surface area contributed by atoms with Gasteiger partial charge in [0.05, 0.1) is 12.0 Å². The van der Waals surface area contributed by atoms with E-state index in [2.05, 4.69) is 5.32 Å². The molecule has 0 aromatic carbocycles. The van der Waals surface area contributed by atoms with E-state index in [1.54, 1.807) is 0 Å². The van der Waals surface area contributed by atoms with Crippen LogP contribution in [0.25, 0.3) is 0 Å². The summed E-state index contributed by atoms with van der Waals surface area (Å²) in [4.78, 5) is 43.2. The Labute approximate surface area is 103 Å². The van der Waals surface area contributed by atoms with E-state index in [1.165, 1.54) is 0 Å². The predicted molar refractivity (Wildman–Crippen MR) is 59.8 cm³/mol. The molecule has 0 heterocycles. The van der Waals surface area contributed by atoms with Crippen LogP contribution in [0, 0.1) is 0 Å². The lowest BCUT2D eigenvalue weighted by Crippen LogP contribution is -2.40. The van der Waals surface area contributed by atoms with Crippen LogP contribution in [0.1, 0.15) is 19.8 Å². The third-order valence-corrected chi connectivity index (χ3v) is 1.71. The summed E-state index contributed by atoms with van der Waals surface area (Å²) in [6, 6.07) is -0.748. The van der Waals surface area contributed by atoms with Crippen LogP contribution in [0.3, 0.4) is 0 Å². The third-order valence-electron chi connectivity index (χ3n) is 1.71. The number of carboxylic acids is 2. The molecule has 3 amide bonds. The normalized spacial score (nSPS) is 10.6. The maximum absolute atomic E-state index is 11.2. The van der Waals surface area contributed by atoms with Crippen molar-refractivity contribution < 1.29 is 29.4 Å². The zero-order chi connectivity index (χ0) is 14.1. The zero-order valence-electron chi connectivity index (χ0n) is 9.73. The fourth-order valence-electron chi connectivity index (χ4n) is 0.964. The van der Waals surface area contributed by atoms with Gasteiger partial charge in [-0.25, -0.2) is 14.4 Å². The Morgan fingerprint density at radius 2 is 1.78 bits per heavy atom. The summed E-state index contributed by atoms with van der Waals surface area (Å²) in [7, 11) is 0. The molecule has 0 spiro atoms. The van der Waals surface area contributed by atoms with Crippen molar-refractivity contribution in [3.63, 3.8) is 0 Å². The van der Waals surface area contributed by atoms with E-state index in [0.29, 0.717) is 19.0 Å². The summed E-state index contributed by atoms with van der Waals surface area (Å²) in [5.74, 6) is -3.89. The van der Waals surface area contributed by atoms with Gasteiger partial charge in [0.15, 0.2) is 0 Å². The van der Waals surface area contributed by atoms with Crippen LogP contribution >= 0.6 is 0 Å². The zero-order valence-corrected chi connectivity index (χ0v) is 9.73. The van der Waals surface area contributed by atoms with Gasteiger partial charge in [0, 0.05) is 12.6 Å². The monoisotopic (exact) mass is 258 g/mol. The minimum atomic E-state index is -1.53. The Bertz CT molecular complexity index is 388. The number of imide groups is 1. The second-order valence-corrected chi connectivity index (χ2v) is 3.29. The highest BCUT2D eigenvalue weighted by molar-refractivity contribution is 6.02. The number of aliphatic carboxylic acids is 2. The number of urea groups is 1. The maximum atomic E-state index is 11.2. The van der Waals surface area contributed by atoms with E-state index >= 15 is 0 Å². The van der Waals surface area contributed by atoms with Crippen LogP contribution in [-0.2, 0) is 14.4 Å². The van der Waals surface area contributed by atoms with Crippen LogP contribution in [0.2, 0.25) is 0 Å². The third kappa shape index (κ3) is 6.99. The largest absolute Gasteiger partial charge is 0.478 e. The molecular weight excluding hydrogens is 244 g/mol. The van der Waals surface area contributed by atoms with Crippen molar-refractivity contribution >= 4 is 23.9 Å². The summed E-state index contributed by atoms with van der Waals surface area (Å²) >= 11 is 0. The summed E-state index contributed by atoms with van der Waals surface area (Å²) < 4.78 is 0. The molecule has 0 atom stereocenters. The Morgan fingerprint density at radius 1 is 1.17 bits per heavy atom. The number of rotatable bonds is 6. The molecule has 0 aromatic rings. The molecule has 4 N–H and O–H groups in total. The predicted octanol–water partition coefficient (Wildman–Crippen LogP) is -0.292. The highest BCUT2D eigenvalue weighted by Crippen LogP contribution is 2.01. The van der Waals surface area contributed by atoms with Crippen molar-refractivity contribution in [1.82, 2.24) is 10.6 Å². The quantitative estimate of drug-likeness (QED) is 0.484. The first kappa shape index (κ1) is 15.6. The van der Waals surface area contributed by atoms with Gasteiger partial charge in [-0.05, 0) is 6.42 Å². The van der Waals surface area contributed by atoms with Crippen LogP contribution < -0.4 is 10.6 Å². The van der Waals surface area contributed by atoms with Gasteiger partial charge in [0.25, 0.3) is 0 Å². The molecule has 8 nitrogen and oxygen atoms in total. The van der Waals surface area contributed by atoms with Crippen molar-refractivity contribution in [2.24, 2.45) is 0 Å². The number of hydrogen-bond donors (Lipinski definition) is 4.